The third-order valence-electron chi connectivity index (χ3n) is 3.43. The molecule has 2 N–H and O–H groups in total. The average molecular weight is 263 g/mol. The summed E-state index contributed by atoms with van der Waals surface area (Å²) >= 11 is 0. The Balaban J connectivity index is 1.73. The summed E-state index contributed by atoms with van der Waals surface area (Å²) in [7, 11) is 0. The van der Waals surface area contributed by atoms with Gasteiger partial charge in [-0.05, 0) is 30.5 Å². The Bertz CT molecular complexity index is 695. The fourth-order valence-corrected chi connectivity index (χ4v) is 2.26. The van der Waals surface area contributed by atoms with Crippen molar-refractivity contribution in [3.8, 4) is 0 Å². The predicted octanol–water partition coefficient (Wildman–Crippen LogP) is 3.26. The summed E-state index contributed by atoms with van der Waals surface area (Å²) in [6.45, 7) is 0. The van der Waals surface area contributed by atoms with E-state index in [0.717, 1.165) is 29.6 Å². The number of hydrogen-bond donors (Lipinski definition) is 1. The quantitative estimate of drug-likeness (QED) is 0.786. The first-order valence-electron chi connectivity index (χ1n) is 6.84. The Morgan fingerprint density at radius 3 is 2.40 bits per heavy atom. The summed E-state index contributed by atoms with van der Waals surface area (Å²) in [5.41, 5.74) is 10.2. The van der Waals surface area contributed by atoms with Gasteiger partial charge in [0, 0.05) is 6.04 Å². The van der Waals surface area contributed by atoms with E-state index in [-0.39, 0.29) is 6.04 Å². The normalized spacial score (nSPS) is 12.4. The highest BCUT2D eigenvalue weighted by Gasteiger charge is 2.09. The first-order chi connectivity index (χ1) is 9.83. The molecule has 0 aliphatic heterocycles. The van der Waals surface area contributed by atoms with Gasteiger partial charge in [0.25, 0.3) is 0 Å². The molecule has 0 saturated heterocycles. The molecule has 1 aromatic heterocycles. The van der Waals surface area contributed by atoms with E-state index in [2.05, 4.69) is 34.2 Å². The second-order valence-corrected chi connectivity index (χ2v) is 4.91. The molecule has 0 spiro atoms. The molecule has 0 amide bonds. The zero-order valence-corrected chi connectivity index (χ0v) is 11.2. The fourth-order valence-electron chi connectivity index (χ4n) is 2.26. The van der Waals surface area contributed by atoms with Crippen LogP contribution in [-0.2, 0) is 6.42 Å². The summed E-state index contributed by atoms with van der Waals surface area (Å²) in [6, 6.07) is 18.2. The molecule has 0 bridgehead atoms. The summed E-state index contributed by atoms with van der Waals surface area (Å²) in [4.78, 5) is 9.01. The maximum atomic E-state index is 6.23. The number of nitrogens with two attached hydrogens (primary N) is 1. The van der Waals surface area contributed by atoms with Crippen molar-refractivity contribution >= 4 is 11.0 Å². The molecule has 0 unspecified atom stereocenters. The lowest BCUT2D eigenvalue weighted by Gasteiger charge is -2.11. The molecule has 20 heavy (non-hydrogen) atoms. The van der Waals surface area contributed by atoms with Crippen molar-refractivity contribution < 1.29 is 0 Å². The van der Waals surface area contributed by atoms with E-state index in [4.69, 9.17) is 5.73 Å². The van der Waals surface area contributed by atoms with Crippen LogP contribution in [0.2, 0.25) is 0 Å². The van der Waals surface area contributed by atoms with Crippen molar-refractivity contribution in [3.05, 3.63) is 72.1 Å². The van der Waals surface area contributed by atoms with Crippen molar-refractivity contribution in [3.63, 3.8) is 0 Å². The van der Waals surface area contributed by atoms with Gasteiger partial charge in [0.15, 0.2) is 0 Å². The topological polar surface area (TPSA) is 51.8 Å². The van der Waals surface area contributed by atoms with Gasteiger partial charge >= 0.3 is 0 Å². The first kappa shape index (κ1) is 12.8. The molecule has 0 saturated carbocycles. The third kappa shape index (κ3) is 2.83. The van der Waals surface area contributed by atoms with Crippen LogP contribution in [0.3, 0.4) is 0 Å². The minimum atomic E-state index is -0.0766. The van der Waals surface area contributed by atoms with Crippen LogP contribution in [0.4, 0.5) is 0 Å². The van der Waals surface area contributed by atoms with Crippen LogP contribution >= 0.6 is 0 Å². The highest BCUT2D eigenvalue weighted by Crippen LogP contribution is 2.17. The van der Waals surface area contributed by atoms with E-state index in [1.54, 1.807) is 6.20 Å². The van der Waals surface area contributed by atoms with Crippen LogP contribution < -0.4 is 5.73 Å². The summed E-state index contributed by atoms with van der Waals surface area (Å²) in [5, 5.41) is 0. The van der Waals surface area contributed by atoms with Gasteiger partial charge in [-0.2, -0.15) is 0 Å². The average Bonchev–Trinajstić information content (AvgIpc) is 2.53. The zero-order chi connectivity index (χ0) is 13.8. The molecule has 3 aromatic rings. The molecular formula is C17H17N3. The van der Waals surface area contributed by atoms with E-state index < -0.39 is 0 Å². The molecule has 0 aliphatic carbocycles. The van der Waals surface area contributed by atoms with E-state index in [0.29, 0.717) is 0 Å². The highest BCUT2D eigenvalue weighted by atomic mass is 14.8. The Labute approximate surface area is 118 Å². The van der Waals surface area contributed by atoms with Crippen LogP contribution in [0.25, 0.3) is 11.0 Å². The second kappa shape index (κ2) is 5.80. The Hall–Kier alpha value is -2.26. The summed E-state index contributed by atoms with van der Waals surface area (Å²) < 4.78 is 0. The fraction of sp³-hybridized carbons (Fsp3) is 0.176. The van der Waals surface area contributed by atoms with E-state index in [1.165, 1.54) is 5.56 Å². The van der Waals surface area contributed by atoms with E-state index in [9.17, 15) is 0 Å². The van der Waals surface area contributed by atoms with Gasteiger partial charge in [0.2, 0.25) is 0 Å². The van der Waals surface area contributed by atoms with Gasteiger partial charge in [0.1, 0.15) is 0 Å². The lowest BCUT2D eigenvalue weighted by molar-refractivity contribution is 0.633. The molecule has 100 valence electrons. The number of nitrogens with zero attached hydrogens (tertiary/aromatic N) is 2. The summed E-state index contributed by atoms with van der Waals surface area (Å²) in [5.74, 6) is 0. The smallest absolute Gasteiger partial charge is 0.0890 e. The molecule has 0 radical (unpaired) electrons. The zero-order valence-electron chi connectivity index (χ0n) is 11.2. The summed E-state index contributed by atoms with van der Waals surface area (Å²) in [6.07, 6.45) is 3.62. The number of aromatic nitrogens is 2. The largest absolute Gasteiger partial charge is 0.323 e. The van der Waals surface area contributed by atoms with E-state index in [1.807, 2.05) is 30.3 Å². The van der Waals surface area contributed by atoms with Crippen LogP contribution in [0.1, 0.15) is 23.7 Å². The lowest BCUT2D eigenvalue weighted by Crippen LogP contribution is -2.13. The number of rotatable bonds is 4. The van der Waals surface area contributed by atoms with E-state index >= 15 is 0 Å². The minimum Gasteiger partial charge on any atom is -0.323 e. The number of para-hydroxylation sites is 2. The van der Waals surface area contributed by atoms with Crippen LogP contribution in [0.15, 0.2) is 60.8 Å². The van der Waals surface area contributed by atoms with Crippen molar-refractivity contribution in [2.75, 3.05) is 0 Å². The first-order valence-corrected chi connectivity index (χ1v) is 6.84. The Kier molecular flexibility index (Phi) is 3.70. The van der Waals surface area contributed by atoms with Crippen molar-refractivity contribution in [2.24, 2.45) is 5.73 Å². The molecule has 1 heterocycles. The molecule has 3 heteroatoms. The van der Waals surface area contributed by atoms with Crippen molar-refractivity contribution in [1.29, 1.82) is 0 Å². The Morgan fingerprint density at radius 2 is 1.60 bits per heavy atom. The van der Waals surface area contributed by atoms with Crippen molar-refractivity contribution in [1.82, 2.24) is 9.97 Å². The van der Waals surface area contributed by atoms with Crippen LogP contribution in [-0.4, -0.2) is 9.97 Å². The molecule has 2 aromatic carbocycles. The molecule has 3 rings (SSSR count). The highest BCUT2D eigenvalue weighted by molar-refractivity contribution is 5.73. The monoisotopic (exact) mass is 263 g/mol. The van der Waals surface area contributed by atoms with Gasteiger partial charge < -0.3 is 5.73 Å². The third-order valence-corrected chi connectivity index (χ3v) is 3.43. The lowest BCUT2D eigenvalue weighted by atomic mass is 10.0. The number of hydrogen-bond acceptors (Lipinski definition) is 3. The van der Waals surface area contributed by atoms with Gasteiger partial charge in [-0.3, -0.25) is 4.98 Å². The predicted molar refractivity (Wildman–Crippen MR) is 81.2 cm³/mol. The van der Waals surface area contributed by atoms with Gasteiger partial charge in [-0.15, -0.1) is 0 Å². The van der Waals surface area contributed by atoms with Gasteiger partial charge in [0.05, 0.1) is 22.9 Å². The van der Waals surface area contributed by atoms with Crippen molar-refractivity contribution in [2.45, 2.75) is 18.9 Å². The number of benzene rings is 2. The molecule has 3 nitrogen and oxygen atoms in total. The van der Waals surface area contributed by atoms with Gasteiger partial charge in [-0.25, -0.2) is 4.98 Å². The molecular weight excluding hydrogens is 246 g/mol. The maximum Gasteiger partial charge on any atom is 0.0890 e. The number of aryl methyl sites for hydroxylation is 1. The Morgan fingerprint density at radius 1 is 0.900 bits per heavy atom. The second-order valence-electron chi connectivity index (χ2n) is 4.91. The van der Waals surface area contributed by atoms with Gasteiger partial charge in [-0.1, -0.05) is 42.5 Å². The molecule has 0 fully saturated rings. The SMILES string of the molecule is N[C@H](CCc1ccccc1)c1cnc2ccccc2n1. The minimum absolute atomic E-state index is 0.0766. The van der Waals surface area contributed by atoms with Crippen LogP contribution in [0, 0.1) is 0 Å². The maximum absolute atomic E-state index is 6.23. The van der Waals surface area contributed by atoms with Crippen LogP contribution in [0.5, 0.6) is 0 Å². The number of fused-ring (bicyclic) bond motifs is 1. The molecule has 0 aliphatic rings. The molecule has 1 atom stereocenters. The standard InChI is InChI=1S/C17H17N3/c18-14(11-10-13-6-2-1-3-7-13)17-12-19-15-8-4-5-9-16(15)20-17/h1-9,12,14H,10-11,18H2/t14-/m1/s1.